The van der Waals surface area contributed by atoms with Crippen LogP contribution in [0.5, 0.6) is 0 Å². The van der Waals surface area contributed by atoms with Gasteiger partial charge in [0, 0.05) is 0 Å². The molecule has 1 heterocycles. The van der Waals surface area contributed by atoms with Crippen molar-refractivity contribution in [2.24, 2.45) is 0 Å². The number of rotatable bonds is 0. The van der Waals surface area contributed by atoms with Gasteiger partial charge < -0.3 is 25.5 Å². The normalized spacial score (nSPS) is 12.0. The van der Waals surface area contributed by atoms with Crippen LogP contribution in [0.1, 0.15) is 0 Å². The van der Waals surface area contributed by atoms with Crippen LogP contribution in [0, 0.1) is 14.9 Å². The summed E-state index contributed by atoms with van der Waals surface area (Å²) in [5.41, 5.74) is 0. The second-order valence-electron chi connectivity index (χ2n) is 1.42. The van der Waals surface area contributed by atoms with Crippen molar-refractivity contribution in [3.05, 3.63) is 20.2 Å². The average molecular weight is 272 g/mol. The first-order chi connectivity index (χ1) is 3.00. The van der Waals surface area contributed by atoms with Crippen LogP contribution in [0.25, 0.3) is 5.32 Å². The first-order valence-electron chi connectivity index (χ1n) is 2.34. The number of nitrogens with zero attached hydrogens (tertiary/aromatic N) is 1. The standard InChI is InChI=1S/C4H9N2.2CH3.3ClH.Ti/c1-2-6-4-3-5-1;;;;;;/h5H,1-4H2;2*1H3;3*1H;/q3*-1;;;;+3. The molecule has 1 N–H and O–H groups in total. The molecule has 0 aliphatic carbocycles. The topological polar surface area (TPSA) is 26.1 Å². The van der Waals surface area contributed by atoms with E-state index in [-0.39, 0.29) is 73.8 Å². The fraction of sp³-hybridized carbons (Fsp3) is 0.667. The summed E-state index contributed by atoms with van der Waals surface area (Å²) in [6.45, 7) is 4.19. The summed E-state index contributed by atoms with van der Waals surface area (Å²) < 4.78 is 0. The second-order valence-corrected chi connectivity index (χ2v) is 1.42. The quantitative estimate of drug-likeness (QED) is 0.530. The van der Waals surface area contributed by atoms with Crippen LogP contribution in [-0.2, 0) is 21.7 Å². The second kappa shape index (κ2) is 29.4. The van der Waals surface area contributed by atoms with Gasteiger partial charge in [0.15, 0.2) is 0 Å². The monoisotopic (exact) mass is 271 g/mol. The molecule has 1 saturated heterocycles. The minimum absolute atomic E-state index is 0. The molecule has 6 heteroatoms. The Kier molecular flexibility index (Phi) is 91.8. The smallest absolute Gasteiger partial charge is 0.660 e. The van der Waals surface area contributed by atoms with E-state index in [1.54, 1.807) is 0 Å². The van der Waals surface area contributed by atoms with E-state index in [0.29, 0.717) is 0 Å². The Morgan fingerprint density at radius 3 is 1.25 bits per heavy atom. The molecule has 2 nitrogen and oxygen atoms in total. The third kappa shape index (κ3) is 22.5. The molecular weight excluding hydrogens is 254 g/mol. The molecule has 0 aromatic rings. The Balaban J connectivity index is -0.0000000150. The minimum Gasteiger partial charge on any atom is -0.660 e. The van der Waals surface area contributed by atoms with Crippen molar-refractivity contribution in [2.75, 3.05) is 26.2 Å². The summed E-state index contributed by atoms with van der Waals surface area (Å²) in [5.74, 6) is 0. The summed E-state index contributed by atoms with van der Waals surface area (Å²) in [7, 11) is 0. The molecule has 0 amide bonds. The van der Waals surface area contributed by atoms with E-state index in [9.17, 15) is 0 Å². The molecule has 0 unspecified atom stereocenters. The Bertz CT molecular complexity index is 36.3. The zero-order valence-corrected chi connectivity index (χ0v) is 11.5. The first kappa shape index (κ1) is 37.5. The molecule has 0 spiro atoms. The maximum absolute atomic E-state index is 4.11. The third-order valence-electron chi connectivity index (χ3n) is 0.893. The molecule has 1 rings (SSSR count). The van der Waals surface area contributed by atoms with Gasteiger partial charge in [-0.2, -0.15) is 0 Å². The SMILES string of the molecule is C1CNCC[N-]1.Cl.Cl.Cl.[CH3-].[CH3-].[Ti+3]. The number of halogens is 3. The molecule has 1 aliphatic heterocycles. The maximum atomic E-state index is 4.11. The minimum atomic E-state index is 0. The van der Waals surface area contributed by atoms with Gasteiger partial charge in [0.1, 0.15) is 0 Å². The molecule has 0 atom stereocenters. The van der Waals surface area contributed by atoms with E-state index in [0.717, 1.165) is 26.2 Å². The van der Waals surface area contributed by atoms with E-state index in [1.165, 1.54) is 0 Å². The summed E-state index contributed by atoms with van der Waals surface area (Å²) in [5, 5.41) is 7.31. The molecule has 12 heavy (non-hydrogen) atoms. The van der Waals surface area contributed by atoms with Crippen LogP contribution >= 0.6 is 37.2 Å². The van der Waals surface area contributed by atoms with Crippen molar-refractivity contribution in [3.63, 3.8) is 0 Å². The predicted molar refractivity (Wildman–Crippen MR) is 60.5 cm³/mol. The third-order valence-corrected chi connectivity index (χ3v) is 0.893. The van der Waals surface area contributed by atoms with Crippen molar-refractivity contribution in [1.82, 2.24) is 5.32 Å². The van der Waals surface area contributed by atoms with Crippen LogP contribution in [0.2, 0.25) is 0 Å². The van der Waals surface area contributed by atoms with Crippen molar-refractivity contribution in [3.8, 4) is 0 Å². The molecule has 0 aromatic heterocycles. The van der Waals surface area contributed by atoms with E-state index in [2.05, 4.69) is 10.6 Å². The maximum Gasteiger partial charge on any atom is 3.00 e. The van der Waals surface area contributed by atoms with Crippen molar-refractivity contribution >= 4 is 37.2 Å². The fourth-order valence-corrected chi connectivity index (χ4v) is 0.553. The zero-order chi connectivity index (χ0) is 4.24. The van der Waals surface area contributed by atoms with Gasteiger partial charge in [-0.3, -0.25) is 0 Å². The number of piperazine rings is 1. The van der Waals surface area contributed by atoms with Crippen LogP contribution in [0.15, 0.2) is 0 Å². The Hall–Kier alpha value is 1.50. The molecule has 77 valence electrons. The average Bonchev–Trinajstić information content (AvgIpc) is 1.72. The summed E-state index contributed by atoms with van der Waals surface area (Å²) in [6, 6.07) is 0. The van der Waals surface area contributed by atoms with E-state index < -0.39 is 0 Å². The van der Waals surface area contributed by atoms with Crippen molar-refractivity contribution < 1.29 is 21.7 Å². The molecule has 0 aromatic carbocycles. The van der Waals surface area contributed by atoms with Gasteiger partial charge in [-0.15, -0.1) is 50.3 Å². The molecule has 0 saturated carbocycles. The number of nitrogens with one attached hydrogen (secondary N) is 1. The van der Waals surface area contributed by atoms with Gasteiger partial charge in [0.05, 0.1) is 0 Å². The molecule has 1 fully saturated rings. The van der Waals surface area contributed by atoms with E-state index in [4.69, 9.17) is 0 Å². The first-order valence-corrected chi connectivity index (χ1v) is 2.34. The molecule has 0 bridgehead atoms. The van der Waals surface area contributed by atoms with Crippen LogP contribution in [-0.4, -0.2) is 26.2 Å². The molecule has 1 aliphatic rings. The summed E-state index contributed by atoms with van der Waals surface area (Å²) in [6.07, 6.45) is 0. The summed E-state index contributed by atoms with van der Waals surface area (Å²) >= 11 is 0. The summed E-state index contributed by atoms with van der Waals surface area (Å²) in [4.78, 5) is 0. The van der Waals surface area contributed by atoms with Crippen molar-refractivity contribution in [2.45, 2.75) is 0 Å². The Morgan fingerprint density at radius 1 is 0.833 bits per heavy atom. The van der Waals surface area contributed by atoms with Crippen LogP contribution < -0.4 is 5.32 Å². The Morgan fingerprint density at radius 2 is 1.17 bits per heavy atom. The van der Waals surface area contributed by atoms with Gasteiger partial charge in [-0.1, -0.05) is 0 Å². The van der Waals surface area contributed by atoms with E-state index >= 15 is 0 Å². The van der Waals surface area contributed by atoms with Gasteiger partial charge in [-0.05, 0) is 13.1 Å². The van der Waals surface area contributed by atoms with Crippen LogP contribution in [0.3, 0.4) is 0 Å². The van der Waals surface area contributed by atoms with Gasteiger partial charge in [0.2, 0.25) is 0 Å². The predicted octanol–water partition coefficient (Wildman–Crippen LogP) is 2.13. The number of hydrogen-bond acceptors (Lipinski definition) is 1. The van der Waals surface area contributed by atoms with E-state index in [1.807, 2.05) is 0 Å². The van der Waals surface area contributed by atoms with Gasteiger partial charge >= 0.3 is 21.7 Å². The fourth-order valence-electron chi connectivity index (χ4n) is 0.553. The van der Waals surface area contributed by atoms with Gasteiger partial charge in [-0.25, -0.2) is 0 Å². The molecule has 1 radical (unpaired) electrons. The van der Waals surface area contributed by atoms with Gasteiger partial charge in [0.25, 0.3) is 0 Å². The van der Waals surface area contributed by atoms with Crippen molar-refractivity contribution in [1.29, 1.82) is 0 Å². The molecular formula is C6H18Cl3N2Ti. The zero-order valence-electron chi connectivity index (χ0n) is 7.50. The Labute approximate surface area is 110 Å². The largest absolute Gasteiger partial charge is 3.00 e. The van der Waals surface area contributed by atoms with Crippen LogP contribution in [0.4, 0.5) is 0 Å². The number of hydrogen-bond donors (Lipinski definition) is 1.